The highest BCUT2D eigenvalue weighted by Gasteiger charge is 2.18. The summed E-state index contributed by atoms with van der Waals surface area (Å²) in [5, 5.41) is 18.6. The number of nitro groups is 1. The molecule has 4 heteroatoms. The van der Waals surface area contributed by atoms with Crippen LogP contribution in [-0.2, 0) is 0 Å². The van der Waals surface area contributed by atoms with Crippen LogP contribution in [0, 0.1) is 15.5 Å². The number of aliphatic hydroxyl groups is 1. The van der Waals surface area contributed by atoms with Gasteiger partial charge in [0.25, 0.3) is 0 Å². The molecule has 0 unspecified atom stereocenters. The van der Waals surface area contributed by atoms with Crippen LogP contribution in [0.3, 0.4) is 0 Å². The molecule has 0 atom stereocenters. The van der Waals surface area contributed by atoms with Gasteiger partial charge in [0.2, 0.25) is 6.54 Å². The fraction of sp³-hybridized carbons (Fsp3) is 1.00. The maximum atomic E-state index is 9.89. The number of nitrogens with zero attached hydrogens (tertiary/aromatic N) is 1. The van der Waals surface area contributed by atoms with Gasteiger partial charge in [0, 0.05) is 18.0 Å². The molecular weight excluding hydrogens is 134 g/mol. The molecule has 0 radical (unpaired) electrons. The lowest BCUT2D eigenvalue weighted by Crippen LogP contribution is -2.20. The van der Waals surface area contributed by atoms with Crippen LogP contribution in [0.15, 0.2) is 0 Å². The van der Waals surface area contributed by atoms with Crippen LogP contribution < -0.4 is 0 Å². The van der Waals surface area contributed by atoms with Gasteiger partial charge in [0.05, 0.1) is 0 Å². The highest BCUT2D eigenvalue weighted by atomic mass is 16.6. The first-order chi connectivity index (χ1) is 4.48. The summed E-state index contributed by atoms with van der Waals surface area (Å²) in [5.41, 5.74) is -0.312. The molecule has 4 nitrogen and oxygen atoms in total. The van der Waals surface area contributed by atoms with Crippen molar-refractivity contribution in [3.8, 4) is 0 Å². The number of hydrogen-bond donors (Lipinski definition) is 1. The van der Waals surface area contributed by atoms with Gasteiger partial charge in [-0.2, -0.15) is 0 Å². The van der Waals surface area contributed by atoms with Gasteiger partial charge in [-0.3, -0.25) is 10.1 Å². The van der Waals surface area contributed by atoms with E-state index >= 15 is 0 Å². The zero-order valence-electron chi connectivity index (χ0n) is 6.33. The second kappa shape index (κ2) is 3.51. The van der Waals surface area contributed by atoms with E-state index in [1.165, 1.54) is 0 Å². The maximum absolute atomic E-state index is 9.89. The van der Waals surface area contributed by atoms with Crippen molar-refractivity contribution in [2.75, 3.05) is 13.2 Å². The SMILES string of the molecule is CC(C)(CO)CC[N+](=O)[O-]. The van der Waals surface area contributed by atoms with Gasteiger partial charge >= 0.3 is 0 Å². The molecule has 0 rings (SSSR count). The van der Waals surface area contributed by atoms with E-state index in [2.05, 4.69) is 0 Å². The number of rotatable bonds is 4. The molecule has 0 heterocycles. The Hall–Kier alpha value is -0.640. The van der Waals surface area contributed by atoms with Gasteiger partial charge in [-0.05, 0) is 5.41 Å². The summed E-state index contributed by atoms with van der Waals surface area (Å²) in [5.74, 6) is 0. The van der Waals surface area contributed by atoms with Gasteiger partial charge in [0.15, 0.2) is 0 Å². The zero-order chi connectivity index (χ0) is 8.20. The first-order valence-electron chi connectivity index (χ1n) is 3.20. The van der Waals surface area contributed by atoms with Gasteiger partial charge in [-0.15, -0.1) is 0 Å². The average Bonchev–Trinajstić information content (AvgIpc) is 1.85. The molecule has 0 aromatic heterocycles. The van der Waals surface area contributed by atoms with E-state index in [0.717, 1.165) is 0 Å². The molecule has 1 N–H and O–H groups in total. The van der Waals surface area contributed by atoms with Crippen LogP contribution in [-0.4, -0.2) is 23.2 Å². The zero-order valence-corrected chi connectivity index (χ0v) is 6.33. The Balaban J connectivity index is 3.56. The van der Waals surface area contributed by atoms with E-state index in [-0.39, 0.29) is 23.5 Å². The third-order valence-corrected chi connectivity index (χ3v) is 1.40. The summed E-state index contributed by atoms with van der Waals surface area (Å²) in [7, 11) is 0. The number of aliphatic hydroxyl groups excluding tert-OH is 1. The van der Waals surface area contributed by atoms with E-state index in [9.17, 15) is 10.1 Å². The van der Waals surface area contributed by atoms with Crippen molar-refractivity contribution in [3.05, 3.63) is 10.1 Å². The van der Waals surface area contributed by atoms with Crippen molar-refractivity contribution in [2.45, 2.75) is 20.3 Å². The van der Waals surface area contributed by atoms with Crippen LogP contribution >= 0.6 is 0 Å². The van der Waals surface area contributed by atoms with Crippen LogP contribution in [0.1, 0.15) is 20.3 Å². The highest BCUT2D eigenvalue weighted by molar-refractivity contribution is 4.65. The molecular formula is C6H13NO3. The van der Waals surface area contributed by atoms with Gasteiger partial charge < -0.3 is 5.11 Å². The lowest BCUT2D eigenvalue weighted by atomic mass is 9.91. The van der Waals surface area contributed by atoms with Crippen LogP contribution in [0.25, 0.3) is 0 Å². The van der Waals surface area contributed by atoms with Gasteiger partial charge in [-0.1, -0.05) is 13.8 Å². The fourth-order valence-corrected chi connectivity index (χ4v) is 0.473. The van der Waals surface area contributed by atoms with Gasteiger partial charge in [-0.25, -0.2) is 0 Å². The molecule has 0 fully saturated rings. The van der Waals surface area contributed by atoms with Crippen LogP contribution in [0.4, 0.5) is 0 Å². The quantitative estimate of drug-likeness (QED) is 0.469. The first kappa shape index (κ1) is 9.36. The molecule has 0 aliphatic heterocycles. The van der Waals surface area contributed by atoms with Crippen LogP contribution in [0.2, 0.25) is 0 Å². The largest absolute Gasteiger partial charge is 0.396 e. The molecule has 0 aliphatic rings. The second-order valence-corrected chi connectivity index (χ2v) is 3.13. The molecule has 0 saturated heterocycles. The van der Waals surface area contributed by atoms with E-state index in [0.29, 0.717) is 6.42 Å². The lowest BCUT2D eigenvalue weighted by Gasteiger charge is -2.18. The highest BCUT2D eigenvalue weighted by Crippen LogP contribution is 2.17. The van der Waals surface area contributed by atoms with E-state index in [1.807, 2.05) is 0 Å². The predicted octanol–water partition coefficient (Wildman–Crippen LogP) is 0.672. The Morgan fingerprint density at radius 1 is 1.60 bits per heavy atom. The van der Waals surface area contributed by atoms with Crippen molar-refractivity contribution in [1.82, 2.24) is 0 Å². The predicted molar refractivity (Wildman–Crippen MR) is 37.3 cm³/mol. The summed E-state index contributed by atoms with van der Waals surface area (Å²) < 4.78 is 0. The van der Waals surface area contributed by atoms with Crippen molar-refractivity contribution in [2.24, 2.45) is 5.41 Å². The average molecular weight is 147 g/mol. The first-order valence-corrected chi connectivity index (χ1v) is 3.20. The Labute approximate surface area is 60.0 Å². The molecule has 0 saturated carbocycles. The summed E-state index contributed by atoms with van der Waals surface area (Å²) in [6, 6.07) is 0. The minimum absolute atomic E-state index is 0.000833. The van der Waals surface area contributed by atoms with Crippen molar-refractivity contribution in [1.29, 1.82) is 0 Å². The Morgan fingerprint density at radius 3 is 2.40 bits per heavy atom. The molecule has 0 aromatic carbocycles. The van der Waals surface area contributed by atoms with Crippen molar-refractivity contribution >= 4 is 0 Å². The van der Waals surface area contributed by atoms with Gasteiger partial charge in [0.1, 0.15) is 0 Å². The molecule has 0 spiro atoms. The summed E-state index contributed by atoms with van der Waals surface area (Å²) in [4.78, 5) is 9.52. The Kier molecular flexibility index (Phi) is 3.28. The third kappa shape index (κ3) is 4.26. The van der Waals surface area contributed by atoms with E-state index < -0.39 is 0 Å². The number of hydrogen-bond acceptors (Lipinski definition) is 3. The van der Waals surface area contributed by atoms with E-state index in [4.69, 9.17) is 5.11 Å². The molecule has 60 valence electrons. The molecule has 0 aromatic rings. The summed E-state index contributed by atoms with van der Waals surface area (Å²) >= 11 is 0. The molecule has 0 bridgehead atoms. The maximum Gasteiger partial charge on any atom is 0.204 e. The van der Waals surface area contributed by atoms with Crippen molar-refractivity contribution < 1.29 is 10.0 Å². The Bertz CT molecular complexity index is 122. The van der Waals surface area contributed by atoms with Crippen molar-refractivity contribution in [3.63, 3.8) is 0 Å². The van der Waals surface area contributed by atoms with Crippen LogP contribution in [0.5, 0.6) is 0 Å². The lowest BCUT2D eigenvalue weighted by molar-refractivity contribution is -0.483. The Morgan fingerprint density at radius 2 is 2.10 bits per heavy atom. The fourth-order valence-electron chi connectivity index (χ4n) is 0.473. The topological polar surface area (TPSA) is 63.4 Å². The molecule has 10 heavy (non-hydrogen) atoms. The molecule has 0 aliphatic carbocycles. The summed E-state index contributed by atoms with van der Waals surface area (Å²) in [6.45, 7) is 3.54. The molecule has 0 amide bonds. The monoisotopic (exact) mass is 147 g/mol. The minimum Gasteiger partial charge on any atom is -0.396 e. The smallest absolute Gasteiger partial charge is 0.204 e. The second-order valence-electron chi connectivity index (χ2n) is 3.13. The normalized spacial score (nSPS) is 11.5. The minimum atomic E-state index is -0.364. The van der Waals surface area contributed by atoms with E-state index in [1.54, 1.807) is 13.8 Å². The standard InChI is InChI=1S/C6H13NO3/c1-6(2,5-8)3-4-7(9)10/h8H,3-5H2,1-2H3. The summed E-state index contributed by atoms with van der Waals surface area (Å²) in [6.07, 6.45) is 0.427. The third-order valence-electron chi connectivity index (χ3n) is 1.40.